The number of hydrogen-bond donors (Lipinski definition) is 8. The fraction of sp³-hybridized carbons (Fsp3) is 0.458. The Bertz CT molecular complexity index is 1100. The van der Waals surface area contributed by atoms with E-state index < -0.39 is 54.2 Å². The Labute approximate surface area is 213 Å². The van der Waals surface area contributed by atoms with E-state index in [9.17, 15) is 29.1 Å². The average molecular weight is 519 g/mol. The first-order valence-electron chi connectivity index (χ1n) is 12.0. The monoisotopic (exact) mass is 518 g/mol. The highest BCUT2D eigenvalue weighted by molar-refractivity contribution is 5.94. The Morgan fingerprint density at radius 2 is 1.54 bits per heavy atom. The molecule has 3 amide bonds. The molecule has 0 saturated carbocycles. The van der Waals surface area contributed by atoms with Crippen molar-refractivity contribution in [2.75, 3.05) is 13.1 Å². The Morgan fingerprint density at radius 1 is 0.865 bits per heavy atom. The molecule has 202 valence electrons. The van der Waals surface area contributed by atoms with Gasteiger partial charge in [-0.2, -0.15) is 0 Å². The molecule has 0 bridgehead atoms. The lowest BCUT2D eigenvalue weighted by Gasteiger charge is -2.24. The number of carbonyl (C=O) groups excluding carboxylic acids is 3. The largest absolute Gasteiger partial charge is 0.481 e. The van der Waals surface area contributed by atoms with E-state index in [1.165, 1.54) is 0 Å². The summed E-state index contributed by atoms with van der Waals surface area (Å²) in [4.78, 5) is 63.7. The summed E-state index contributed by atoms with van der Waals surface area (Å²) in [6.07, 6.45) is 2.23. The second kappa shape index (κ2) is 14.6. The molecule has 0 aliphatic carbocycles. The van der Waals surface area contributed by atoms with Crippen LogP contribution in [0, 0.1) is 0 Å². The minimum atomic E-state index is -1.45. The number of nitrogens with one attached hydrogen (secondary N) is 4. The summed E-state index contributed by atoms with van der Waals surface area (Å²) in [5.41, 5.74) is 12.6. The number of aromatic amines is 1. The molecule has 13 nitrogen and oxygen atoms in total. The van der Waals surface area contributed by atoms with E-state index in [-0.39, 0.29) is 25.8 Å². The molecule has 10 N–H and O–H groups in total. The zero-order valence-corrected chi connectivity index (χ0v) is 20.4. The fourth-order valence-corrected chi connectivity index (χ4v) is 3.81. The van der Waals surface area contributed by atoms with E-state index in [0.29, 0.717) is 19.4 Å². The molecule has 1 heterocycles. The van der Waals surface area contributed by atoms with Gasteiger partial charge >= 0.3 is 11.9 Å². The third-order valence-corrected chi connectivity index (χ3v) is 5.78. The summed E-state index contributed by atoms with van der Waals surface area (Å²) in [5, 5.41) is 26.6. The van der Waals surface area contributed by atoms with Crippen LogP contribution in [0.4, 0.5) is 0 Å². The van der Waals surface area contributed by atoms with Gasteiger partial charge in [-0.05, 0) is 43.9 Å². The van der Waals surface area contributed by atoms with Crippen molar-refractivity contribution in [3.05, 3.63) is 36.0 Å². The molecule has 2 aromatic rings. The van der Waals surface area contributed by atoms with Gasteiger partial charge in [-0.3, -0.25) is 19.2 Å². The lowest BCUT2D eigenvalue weighted by atomic mass is 10.0. The number of carboxylic acids is 2. The van der Waals surface area contributed by atoms with Crippen molar-refractivity contribution >= 4 is 40.6 Å². The molecule has 0 saturated heterocycles. The number of amides is 3. The molecule has 3 unspecified atom stereocenters. The molecule has 0 aliphatic heterocycles. The van der Waals surface area contributed by atoms with Gasteiger partial charge in [0.15, 0.2) is 0 Å². The zero-order chi connectivity index (χ0) is 27.4. The lowest BCUT2D eigenvalue weighted by molar-refractivity contribution is -0.143. The Kier molecular flexibility index (Phi) is 11.5. The van der Waals surface area contributed by atoms with E-state index >= 15 is 0 Å². The number of hydrogen-bond acceptors (Lipinski definition) is 7. The molecule has 37 heavy (non-hydrogen) atoms. The van der Waals surface area contributed by atoms with Crippen LogP contribution in [0.5, 0.6) is 0 Å². The van der Waals surface area contributed by atoms with Gasteiger partial charge in [0.05, 0.1) is 6.54 Å². The van der Waals surface area contributed by atoms with Crippen LogP contribution in [0.2, 0.25) is 0 Å². The predicted octanol–water partition coefficient (Wildman–Crippen LogP) is -0.798. The number of para-hydroxylation sites is 1. The quantitative estimate of drug-likeness (QED) is 0.130. The van der Waals surface area contributed by atoms with Crippen molar-refractivity contribution in [2.45, 2.75) is 56.7 Å². The highest BCUT2D eigenvalue weighted by atomic mass is 16.4. The van der Waals surface area contributed by atoms with Crippen molar-refractivity contribution in [2.24, 2.45) is 11.5 Å². The summed E-state index contributed by atoms with van der Waals surface area (Å²) >= 11 is 0. The number of rotatable bonds is 16. The molecule has 1 aromatic heterocycles. The van der Waals surface area contributed by atoms with Gasteiger partial charge in [0.1, 0.15) is 18.1 Å². The molecular weight excluding hydrogens is 484 g/mol. The summed E-state index contributed by atoms with van der Waals surface area (Å²) in [7, 11) is 0. The highest BCUT2D eigenvalue weighted by Crippen LogP contribution is 2.19. The normalized spacial score (nSPS) is 13.4. The number of aliphatic carboxylic acids is 2. The number of unbranched alkanes of at least 4 members (excludes halogenated alkanes) is 1. The number of fused-ring (bicyclic) bond motifs is 1. The third-order valence-electron chi connectivity index (χ3n) is 5.78. The maximum atomic E-state index is 13.3. The number of nitrogens with two attached hydrogens (primary N) is 2. The van der Waals surface area contributed by atoms with Crippen LogP contribution >= 0.6 is 0 Å². The molecule has 0 aliphatic rings. The van der Waals surface area contributed by atoms with Crippen molar-refractivity contribution in [1.29, 1.82) is 0 Å². The summed E-state index contributed by atoms with van der Waals surface area (Å²) in [6, 6.07) is 3.79. The maximum Gasteiger partial charge on any atom is 0.326 e. The van der Waals surface area contributed by atoms with E-state index in [2.05, 4.69) is 20.9 Å². The minimum Gasteiger partial charge on any atom is -0.481 e. The van der Waals surface area contributed by atoms with Gasteiger partial charge < -0.3 is 42.6 Å². The molecule has 3 atom stereocenters. The van der Waals surface area contributed by atoms with Gasteiger partial charge in [0.25, 0.3) is 0 Å². The summed E-state index contributed by atoms with van der Waals surface area (Å²) in [6.45, 7) is 0.0103. The predicted molar refractivity (Wildman–Crippen MR) is 134 cm³/mol. The van der Waals surface area contributed by atoms with Gasteiger partial charge in [0.2, 0.25) is 17.7 Å². The van der Waals surface area contributed by atoms with E-state index in [0.717, 1.165) is 16.5 Å². The lowest BCUT2D eigenvalue weighted by Crippen LogP contribution is -2.56. The van der Waals surface area contributed by atoms with Crippen molar-refractivity contribution in [1.82, 2.24) is 20.9 Å². The van der Waals surface area contributed by atoms with Gasteiger partial charge in [-0.1, -0.05) is 18.2 Å². The van der Waals surface area contributed by atoms with Gasteiger partial charge in [-0.15, -0.1) is 0 Å². The highest BCUT2D eigenvalue weighted by Gasteiger charge is 2.30. The molecule has 1 aromatic carbocycles. The Morgan fingerprint density at radius 3 is 2.19 bits per heavy atom. The number of aromatic nitrogens is 1. The maximum absolute atomic E-state index is 13.3. The van der Waals surface area contributed by atoms with Crippen molar-refractivity contribution < 1.29 is 34.2 Å². The zero-order valence-electron chi connectivity index (χ0n) is 20.4. The Hall–Kier alpha value is -3.97. The van der Waals surface area contributed by atoms with E-state index in [1.54, 1.807) is 6.20 Å². The van der Waals surface area contributed by atoms with Crippen LogP contribution in [-0.2, 0) is 30.4 Å². The molecule has 2 rings (SSSR count). The molecule has 0 radical (unpaired) electrons. The van der Waals surface area contributed by atoms with Gasteiger partial charge in [-0.25, -0.2) is 4.79 Å². The number of H-pyrrole nitrogens is 1. The smallest absolute Gasteiger partial charge is 0.326 e. The van der Waals surface area contributed by atoms with Crippen LogP contribution in [0.25, 0.3) is 10.9 Å². The van der Waals surface area contributed by atoms with Crippen molar-refractivity contribution in [3.63, 3.8) is 0 Å². The van der Waals surface area contributed by atoms with Gasteiger partial charge in [0, 0.05) is 29.9 Å². The molecule has 13 heteroatoms. The first kappa shape index (κ1) is 29.3. The first-order valence-corrected chi connectivity index (χ1v) is 12.0. The average Bonchev–Trinajstić information content (AvgIpc) is 3.27. The first-order chi connectivity index (χ1) is 17.7. The Balaban J connectivity index is 2.22. The second-order valence-corrected chi connectivity index (χ2v) is 8.57. The number of benzene rings is 1. The van der Waals surface area contributed by atoms with E-state index in [4.69, 9.17) is 16.6 Å². The summed E-state index contributed by atoms with van der Waals surface area (Å²) in [5.74, 6) is -4.60. The summed E-state index contributed by atoms with van der Waals surface area (Å²) < 4.78 is 0. The van der Waals surface area contributed by atoms with Crippen LogP contribution in [0.1, 0.15) is 37.7 Å². The molecule has 0 fully saturated rings. The third kappa shape index (κ3) is 9.20. The van der Waals surface area contributed by atoms with E-state index in [1.807, 2.05) is 24.3 Å². The van der Waals surface area contributed by atoms with Crippen LogP contribution < -0.4 is 27.4 Å². The standard InChI is InChI=1S/C24H34N6O7/c25-10-4-3-7-17(22(34)30-18(24(36)37)8-9-21(32)33)29-23(35)19(28-20(31)12-26)11-14-13-27-16-6-2-1-5-15(14)16/h1-2,5-6,13,17-19,27H,3-4,7-12,25-26H2,(H,28,31)(H,29,35)(H,30,34)(H,32,33)(H,36,37). The number of carbonyl (C=O) groups is 5. The van der Waals surface area contributed by atoms with Crippen molar-refractivity contribution in [3.8, 4) is 0 Å². The SMILES string of the molecule is NCCCCC(NC(=O)C(Cc1c[nH]c2ccccc12)NC(=O)CN)C(=O)NC(CCC(=O)O)C(=O)O. The molecular formula is C24H34N6O7. The van der Waals surface area contributed by atoms with Crippen LogP contribution in [0.15, 0.2) is 30.5 Å². The fourth-order valence-electron chi connectivity index (χ4n) is 3.81. The van der Waals surface area contributed by atoms with Crippen LogP contribution in [0.3, 0.4) is 0 Å². The molecule has 0 spiro atoms. The topological polar surface area (TPSA) is 230 Å². The number of carboxylic acid groups (broad SMARTS) is 2. The van der Waals surface area contributed by atoms with Crippen LogP contribution in [-0.4, -0.2) is 76.1 Å². The minimum absolute atomic E-state index is 0.106. The second-order valence-electron chi connectivity index (χ2n) is 8.57.